The molecule has 3 N–H and O–H groups in total. The Hall–Kier alpha value is -1.17. The Labute approximate surface area is 136 Å². The molecule has 2 fully saturated rings. The van der Waals surface area contributed by atoms with Crippen LogP contribution in [-0.4, -0.2) is 18.5 Å². The molecule has 0 amide bonds. The van der Waals surface area contributed by atoms with E-state index in [4.69, 9.17) is 10.1 Å². The predicted octanol–water partition coefficient (Wildman–Crippen LogP) is 3.20. The molecule has 4 unspecified atom stereocenters. The van der Waals surface area contributed by atoms with Gasteiger partial charge in [0, 0.05) is 12.0 Å². The van der Waals surface area contributed by atoms with Crippen LogP contribution in [0, 0.1) is 23.1 Å². The van der Waals surface area contributed by atoms with Crippen LogP contribution < -0.4 is 10.9 Å². The van der Waals surface area contributed by atoms with E-state index < -0.39 is 0 Å². The molecule has 122 valence electrons. The third-order valence-corrected chi connectivity index (χ3v) is 4.65. The zero-order valence-electron chi connectivity index (χ0n) is 12.6. The zero-order chi connectivity index (χ0) is 14.8. The summed E-state index contributed by atoms with van der Waals surface area (Å²) in [6.45, 7) is 2.47. The van der Waals surface area contributed by atoms with Gasteiger partial charge in [0.05, 0.1) is 12.6 Å². The highest BCUT2D eigenvalue weighted by atomic mass is 35.5. The van der Waals surface area contributed by atoms with Gasteiger partial charge in [-0.25, -0.2) is 9.82 Å². The third-order valence-electron chi connectivity index (χ3n) is 4.65. The SMILES string of the molecule is CCOC(=N)C1CCC2NNC(c3ccc(F)cc3)C2C1.Cl. The van der Waals surface area contributed by atoms with Crippen molar-refractivity contribution < 1.29 is 9.13 Å². The molecule has 0 aromatic heterocycles. The molecule has 1 aliphatic heterocycles. The highest BCUT2D eigenvalue weighted by molar-refractivity contribution is 5.85. The first kappa shape index (κ1) is 17.2. The summed E-state index contributed by atoms with van der Waals surface area (Å²) in [6, 6.07) is 7.29. The lowest BCUT2D eigenvalue weighted by Crippen LogP contribution is -2.37. The summed E-state index contributed by atoms with van der Waals surface area (Å²) in [5, 5.41) is 8.02. The van der Waals surface area contributed by atoms with Crippen LogP contribution in [0.5, 0.6) is 0 Å². The Balaban J connectivity index is 0.00000176. The van der Waals surface area contributed by atoms with Gasteiger partial charge in [-0.1, -0.05) is 12.1 Å². The van der Waals surface area contributed by atoms with Gasteiger partial charge in [0.15, 0.2) is 5.90 Å². The first-order valence-electron chi connectivity index (χ1n) is 7.66. The van der Waals surface area contributed by atoms with E-state index in [1.165, 1.54) is 12.1 Å². The molecule has 6 heteroatoms. The van der Waals surface area contributed by atoms with Gasteiger partial charge in [-0.2, -0.15) is 0 Å². The lowest BCUT2D eigenvalue weighted by Gasteiger charge is -2.33. The number of hydrazine groups is 1. The summed E-state index contributed by atoms with van der Waals surface area (Å²) >= 11 is 0. The molecular formula is C16H23ClFN3O. The van der Waals surface area contributed by atoms with Crippen molar-refractivity contribution in [2.75, 3.05) is 6.61 Å². The summed E-state index contributed by atoms with van der Waals surface area (Å²) < 4.78 is 18.5. The van der Waals surface area contributed by atoms with Gasteiger partial charge < -0.3 is 4.74 Å². The van der Waals surface area contributed by atoms with Crippen LogP contribution in [0.2, 0.25) is 0 Å². The van der Waals surface area contributed by atoms with Crippen LogP contribution in [0.15, 0.2) is 24.3 Å². The number of fused-ring (bicyclic) bond motifs is 1. The molecule has 0 spiro atoms. The number of ether oxygens (including phenoxy) is 1. The van der Waals surface area contributed by atoms with Crippen molar-refractivity contribution in [3.63, 3.8) is 0 Å². The van der Waals surface area contributed by atoms with E-state index in [1.54, 1.807) is 0 Å². The Kier molecular flexibility index (Phi) is 5.78. The van der Waals surface area contributed by atoms with E-state index in [-0.39, 0.29) is 30.2 Å². The Morgan fingerprint density at radius 1 is 1.27 bits per heavy atom. The fourth-order valence-electron chi connectivity index (χ4n) is 3.57. The summed E-state index contributed by atoms with van der Waals surface area (Å²) in [5.41, 5.74) is 7.80. The normalized spacial score (nSPS) is 30.3. The second kappa shape index (κ2) is 7.40. The molecule has 1 aromatic carbocycles. The van der Waals surface area contributed by atoms with Crippen molar-refractivity contribution in [2.45, 2.75) is 38.3 Å². The Bertz CT molecular complexity index is 511. The minimum Gasteiger partial charge on any atom is -0.481 e. The van der Waals surface area contributed by atoms with Crippen molar-refractivity contribution in [1.82, 2.24) is 10.9 Å². The number of hydrogen-bond acceptors (Lipinski definition) is 4. The molecule has 1 aromatic rings. The summed E-state index contributed by atoms with van der Waals surface area (Å²) in [6.07, 6.45) is 2.96. The van der Waals surface area contributed by atoms with Gasteiger partial charge in [-0.3, -0.25) is 10.8 Å². The number of hydrogen-bond donors (Lipinski definition) is 3. The number of halogens is 2. The smallest absolute Gasteiger partial charge is 0.183 e. The van der Waals surface area contributed by atoms with Gasteiger partial charge in [0.1, 0.15) is 5.82 Å². The number of benzene rings is 1. The maximum Gasteiger partial charge on any atom is 0.183 e. The van der Waals surface area contributed by atoms with Crippen molar-refractivity contribution in [2.24, 2.45) is 11.8 Å². The van der Waals surface area contributed by atoms with Crippen molar-refractivity contribution in [3.8, 4) is 0 Å². The quantitative estimate of drug-likeness (QED) is 0.590. The van der Waals surface area contributed by atoms with Crippen LogP contribution in [0.25, 0.3) is 0 Å². The van der Waals surface area contributed by atoms with Crippen LogP contribution >= 0.6 is 12.4 Å². The molecule has 1 heterocycles. The highest BCUT2D eigenvalue weighted by Gasteiger charge is 2.42. The van der Waals surface area contributed by atoms with E-state index in [0.717, 1.165) is 24.8 Å². The van der Waals surface area contributed by atoms with Crippen LogP contribution in [0.4, 0.5) is 4.39 Å². The minimum atomic E-state index is -0.207. The molecule has 0 radical (unpaired) electrons. The zero-order valence-corrected chi connectivity index (χ0v) is 13.5. The number of rotatable bonds is 3. The van der Waals surface area contributed by atoms with E-state index in [1.807, 2.05) is 19.1 Å². The molecule has 0 bridgehead atoms. The molecule has 1 saturated heterocycles. The lowest BCUT2D eigenvalue weighted by atomic mass is 9.74. The van der Waals surface area contributed by atoms with Crippen molar-refractivity contribution in [3.05, 3.63) is 35.6 Å². The molecule has 2 aliphatic rings. The van der Waals surface area contributed by atoms with Gasteiger partial charge in [-0.05, 0) is 49.8 Å². The molecule has 3 rings (SSSR count). The lowest BCUT2D eigenvalue weighted by molar-refractivity contribution is 0.227. The maximum atomic E-state index is 13.1. The van der Waals surface area contributed by atoms with Crippen LogP contribution in [0.1, 0.15) is 37.8 Å². The Morgan fingerprint density at radius 3 is 2.68 bits per heavy atom. The Morgan fingerprint density at radius 2 is 2.00 bits per heavy atom. The first-order valence-corrected chi connectivity index (χ1v) is 7.66. The first-order chi connectivity index (χ1) is 10.2. The van der Waals surface area contributed by atoms with Gasteiger partial charge in [-0.15, -0.1) is 12.4 Å². The fourth-order valence-corrected chi connectivity index (χ4v) is 3.57. The second-order valence-electron chi connectivity index (χ2n) is 5.90. The van der Waals surface area contributed by atoms with E-state index in [0.29, 0.717) is 24.5 Å². The largest absolute Gasteiger partial charge is 0.481 e. The van der Waals surface area contributed by atoms with Crippen LogP contribution in [0.3, 0.4) is 0 Å². The molecule has 4 atom stereocenters. The van der Waals surface area contributed by atoms with E-state index >= 15 is 0 Å². The minimum absolute atomic E-state index is 0. The summed E-state index contributed by atoms with van der Waals surface area (Å²) in [4.78, 5) is 0. The third kappa shape index (κ3) is 3.42. The monoisotopic (exact) mass is 327 g/mol. The van der Waals surface area contributed by atoms with Gasteiger partial charge in [0.2, 0.25) is 0 Å². The number of nitrogens with one attached hydrogen (secondary N) is 3. The average molecular weight is 328 g/mol. The topological polar surface area (TPSA) is 57.1 Å². The molecule has 4 nitrogen and oxygen atoms in total. The summed E-state index contributed by atoms with van der Waals surface area (Å²) in [7, 11) is 0. The van der Waals surface area contributed by atoms with Crippen LogP contribution in [-0.2, 0) is 4.74 Å². The molecule has 1 saturated carbocycles. The van der Waals surface area contributed by atoms with E-state index in [2.05, 4.69) is 10.9 Å². The van der Waals surface area contributed by atoms with Gasteiger partial charge in [0.25, 0.3) is 0 Å². The maximum absolute atomic E-state index is 13.1. The molecule has 22 heavy (non-hydrogen) atoms. The average Bonchev–Trinajstić information content (AvgIpc) is 2.91. The van der Waals surface area contributed by atoms with Crippen molar-refractivity contribution in [1.29, 1.82) is 5.41 Å². The van der Waals surface area contributed by atoms with Gasteiger partial charge >= 0.3 is 0 Å². The fraction of sp³-hybridized carbons (Fsp3) is 0.562. The second-order valence-corrected chi connectivity index (χ2v) is 5.90. The summed E-state index contributed by atoms with van der Waals surface area (Å²) in [5.74, 6) is 0.826. The van der Waals surface area contributed by atoms with E-state index in [9.17, 15) is 4.39 Å². The predicted molar refractivity (Wildman–Crippen MR) is 86.6 cm³/mol. The standard InChI is InChI=1S/C16H22FN3O.ClH/c1-2-21-16(18)11-5-8-14-13(9-11)15(20-19-14)10-3-6-12(17)7-4-10;/h3-4,6-7,11,13-15,18-20H,2,5,8-9H2,1H3;1H. The highest BCUT2D eigenvalue weighted by Crippen LogP contribution is 2.40. The molecular weight excluding hydrogens is 305 g/mol. The van der Waals surface area contributed by atoms with Crippen molar-refractivity contribution >= 4 is 18.3 Å². The molecule has 1 aliphatic carbocycles.